The lowest BCUT2D eigenvalue weighted by Crippen LogP contribution is -2.34. The first-order valence-electron chi connectivity index (χ1n) is 5.28. The van der Waals surface area contributed by atoms with E-state index >= 15 is 0 Å². The van der Waals surface area contributed by atoms with Gasteiger partial charge >= 0.3 is 5.97 Å². The summed E-state index contributed by atoms with van der Waals surface area (Å²) in [6.07, 6.45) is 3.54. The molecule has 0 aromatic carbocycles. The monoisotopic (exact) mass is 248 g/mol. The van der Waals surface area contributed by atoms with Gasteiger partial charge in [-0.1, -0.05) is 0 Å². The van der Waals surface area contributed by atoms with Gasteiger partial charge in [0.25, 0.3) is 0 Å². The number of hydrogen-bond donors (Lipinski definition) is 0. The fraction of sp³-hybridized carbons (Fsp3) is 0.900. The number of esters is 1. The molecular formula is C10H16O3S2. The molecular weight excluding hydrogens is 232 g/mol. The molecule has 1 aliphatic heterocycles. The summed E-state index contributed by atoms with van der Waals surface area (Å²) in [6, 6.07) is 0. The SMILES string of the molecule is COC(=O)C1CCC2(C1)SCCCS2=O. The van der Waals surface area contributed by atoms with Gasteiger partial charge in [-0.3, -0.25) is 9.00 Å². The highest BCUT2D eigenvalue weighted by atomic mass is 32.2. The van der Waals surface area contributed by atoms with Gasteiger partial charge in [0, 0.05) is 16.6 Å². The van der Waals surface area contributed by atoms with E-state index in [-0.39, 0.29) is 16.0 Å². The first-order valence-corrected chi connectivity index (χ1v) is 7.59. The molecule has 1 aliphatic carbocycles. The number of hydrogen-bond acceptors (Lipinski definition) is 4. The molecule has 2 rings (SSSR count). The lowest BCUT2D eigenvalue weighted by Gasteiger charge is -2.31. The summed E-state index contributed by atoms with van der Waals surface area (Å²) in [5.74, 6) is 1.74. The Labute approximate surface area is 96.8 Å². The predicted molar refractivity (Wildman–Crippen MR) is 62.2 cm³/mol. The largest absolute Gasteiger partial charge is 0.469 e. The van der Waals surface area contributed by atoms with E-state index in [4.69, 9.17) is 4.74 Å². The summed E-state index contributed by atoms with van der Waals surface area (Å²) in [5.41, 5.74) is 0. The summed E-state index contributed by atoms with van der Waals surface area (Å²) in [7, 11) is 0.671. The molecule has 15 heavy (non-hydrogen) atoms. The Hall–Kier alpha value is -0.0300. The highest BCUT2D eigenvalue weighted by molar-refractivity contribution is 8.13. The third-order valence-electron chi connectivity index (χ3n) is 3.22. The molecule has 0 N–H and O–H groups in total. The molecule has 0 aromatic rings. The summed E-state index contributed by atoms with van der Waals surface area (Å²) in [4.78, 5) is 11.4. The summed E-state index contributed by atoms with van der Waals surface area (Å²) in [5, 5.41) is 0. The molecule has 5 heteroatoms. The van der Waals surface area contributed by atoms with Crippen molar-refractivity contribution >= 4 is 28.5 Å². The average Bonchev–Trinajstić information content (AvgIpc) is 2.67. The Kier molecular flexibility index (Phi) is 3.40. The number of carbonyl (C=O) groups excluding carboxylic acids is 1. The van der Waals surface area contributed by atoms with Gasteiger partial charge in [0.2, 0.25) is 0 Å². The minimum absolute atomic E-state index is 0.0236. The maximum Gasteiger partial charge on any atom is 0.308 e. The van der Waals surface area contributed by atoms with Gasteiger partial charge in [-0.2, -0.15) is 0 Å². The third-order valence-corrected chi connectivity index (χ3v) is 7.38. The number of methoxy groups -OCH3 is 1. The smallest absolute Gasteiger partial charge is 0.308 e. The van der Waals surface area contributed by atoms with Crippen molar-refractivity contribution < 1.29 is 13.7 Å². The van der Waals surface area contributed by atoms with Gasteiger partial charge in [-0.05, 0) is 31.4 Å². The molecule has 86 valence electrons. The van der Waals surface area contributed by atoms with Crippen LogP contribution < -0.4 is 0 Å². The van der Waals surface area contributed by atoms with E-state index in [1.807, 2.05) is 0 Å². The van der Waals surface area contributed by atoms with Crippen LogP contribution in [0.5, 0.6) is 0 Å². The number of ether oxygens (including phenoxy) is 1. The molecule has 0 aromatic heterocycles. The van der Waals surface area contributed by atoms with Gasteiger partial charge in [-0.15, -0.1) is 11.8 Å². The lowest BCUT2D eigenvalue weighted by molar-refractivity contribution is -0.145. The first-order chi connectivity index (χ1) is 7.18. The first kappa shape index (κ1) is 11.5. The third kappa shape index (κ3) is 2.09. The van der Waals surface area contributed by atoms with Gasteiger partial charge in [0.05, 0.1) is 17.1 Å². The van der Waals surface area contributed by atoms with Gasteiger partial charge in [0.15, 0.2) is 0 Å². The van der Waals surface area contributed by atoms with Gasteiger partial charge < -0.3 is 4.74 Å². The van der Waals surface area contributed by atoms with E-state index in [9.17, 15) is 9.00 Å². The van der Waals surface area contributed by atoms with Crippen LogP contribution in [0.2, 0.25) is 0 Å². The topological polar surface area (TPSA) is 43.4 Å². The molecule has 1 spiro atoms. The van der Waals surface area contributed by atoms with Crippen molar-refractivity contribution in [3.05, 3.63) is 0 Å². The van der Waals surface area contributed by atoms with E-state index in [1.54, 1.807) is 11.8 Å². The Bertz CT molecular complexity index is 292. The maximum atomic E-state index is 12.0. The van der Waals surface area contributed by atoms with Crippen molar-refractivity contribution in [1.29, 1.82) is 0 Å². The zero-order valence-corrected chi connectivity index (χ0v) is 10.5. The van der Waals surface area contributed by atoms with Crippen LogP contribution in [-0.2, 0) is 20.3 Å². The van der Waals surface area contributed by atoms with Crippen molar-refractivity contribution in [2.24, 2.45) is 5.92 Å². The number of carbonyl (C=O) groups is 1. The van der Waals surface area contributed by atoms with Crippen LogP contribution in [0.15, 0.2) is 0 Å². The molecule has 0 amide bonds. The zero-order chi connectivity index (χ0) is 10.9. The molecule has 1 saturated carbocycles. The predicted octanol–water partition coefficient (Wildman–Crippen LogP) is 1.54. The molecule has 2 aliphatic rings. The molecule has 3 unspecified atom stereocenters. The van der Waals surface area contributed by atoms with E-state index in [0.717, 1.165) is 37.2 Å². The van der Waals surface area contributed by atoms with Crippen molar-refractivity contribution in [3.8, 4) is 0 Å². The summed E-state index contributed by atoms with van der Waals surface area (Å²) < 4.78 is 16.6. The molecule has 0 radical (unpaired) electrons. The second-order valence-electron chi connectivity index (χ2n) is 4.13. The average molecular weight is 248 g/mol. The van der Waals surface area contributed by atoms with Crippen LogP contribution in [0.1, 0.15) is 25.7 Å². The Morgan fingerprint density at radius 1 is 1.60 bits per heavy atom. The molecule has 2 fully saturated rings. The molecule has 3 nitrogen and oxygen atoms in total. The summed E-state index contributed by atoms with van der Waals surface area (Å²) in [6.45, 7) is 0. The minimum atomic E-state index is -0.758. The second-order valence-corrected chi connectivity index (χ2v) is 7.74. The standard InChI is InChI=1S/C10H16O3S2/c1-13-9(11)8-3-4-10(7-8)14-5-2-6-15(10)12/h8H,2-7H2,1H3. The Morgan fingerprint density at radius 2 is 2.40 bits per heavy atom. The molecule has 1 heterocycles. The van der Waals surface area contributed by atoms with E-state index in [1.165, 1.54) is 7.11 Å². The van der Waals surface area contributed by atoms with E-state index in [0.29, 0.717) is 0 Å². The minimum Gasteiger partial charge on any atom is -0.469 e. The van der Waals surface area contributed by atoms with E-state index in [2.05, 4.69) is 0 Å². The quantitative estimate of drug-likeness (QED) is 0.660. The zero-order valence-electron chi connectivity index (χ0n) is 8.86. The lowest BCUT2D eigenvalue weighted by atomic mass is 10.1. The fourth-order valence-corrected chi connectivity index (χ4v) is 6.34. The van der Waals surface area contributed by atoms with Crippen molar-refractivity contribution in [2.45, 2.75) is 29.8 Å². The fourth-order valence-electron chi connectivity index (χ4n) is 2.38. The van der Waals surface area contributed by atoms with Gasteiger partial charge in [0.1, 0.15) is 0 Å². The van der Waals surface area contributed by atoms with Crippen molar-refractivity contribution in [2.75, 3.05) is 18.6 Å². The molecule has 3 atom stereocenters. The van der Waals surface area contributed by atoms with Crippen molar-refractivity contribution in [3.63, 3.8) is 0 Å². The number of rotatable bonds is 1. The molecule has 0 bridgehead atoms. The van der Waals surface area contributed by atoms with Crippen LogP contribution in [0.4, 0.5) is 0 Å². The van der Waals surface area contributed by atoms with Crippen LogP contribution in [-0.4, -0.2) is 32.9 Å². The molecule has 1 saturated heterocycles. The van der Waals surface area contributed by atoms with Crippen molar-refractivity contribution in [1.82, 2.24) is 0 Å². The Morgan fingerprint density at radius 3 is 3.07 bits per heavy atom. The van der Waals surface area contributed by atoms with Crippen LogP contribution in [0, 0.1) is 5.92 Å². The summed E-state index contributed by atoms with van der Waals surface area (Å²) >= 11 is 1.80. The van der Waals surface area contributed by atoms with Gasteiger partial charge in [-0.25, -0.2) is 0 Å². The van der Waals surface area contributed by atoms with Crippen LogP contribution >= 0.6 is 11.8 Å². The number of thioether (sulfide) groups is 1. The highest BCUT2D eigenvalue weighted by Crippen LogP contribution is 2.49. The maximum absolute atomic E-state index is 12.0. The Balaban J connectivity index is 2.06. The van der Waals surface area contributed by atoms with E-state index < -0.39 is 10.8 Å². The van der Waals surface area contributed by atoms with Crippen LogP contribution in [0.25, 0.3) is 0 Å². The second kappa shape index (κ2) is 4.45. The normalized spacial score (nSPS) is 40.6. The van der Waals surface area contributed by atoms with Crippen LogP contribution in [0.3, 0.4) is 0 Å². The highest BCUT2D eigenvalue weighted by Gasteiger charge is 2.48.